The van der Waals surface area contributed by atoms with Crippen molar-refractivity contribution >= 4 is 11.5 Å². The van der Waals surface area contributed by atoms with Gasteiger partial charge in [-0.2, -0.15) is 0 Å². The van der Waals surface area contributed by atoms with Crippen LogP contribution in [0.25, 0.3) is 0 Å². The van der Waals surface area contributed by atoms with E-state index < -0.39 is 0 Å². The molecule has 1 saturated heterocycles. The number of hydrogen-bond acceptors (Lipinski definition) is 3. The lowest BCUT2D eigenvalue weighted by atomic mass is 9.95. The first-order valence-electron chi connectivity index (χ1n) is 7.40. The zero-order valence-corrected chi connectivity index (χ0v) is 12.6. The summed E-state index contributed by atoms with van der Waals surface area (Å²) in [5.74, 6) is 1.07. The molecule has 2 heterocycles. The number of benzene rings is 1. The van der Waals surface area contributed by atoms with Gasteiger partial charge < -0.3 is 10.6 Å². The van der Waals surface area contributed by atoms with Crippen LogP contribution in [0.5, 0.6) is 0 Å². The van der Waals surface area contributed by atoms with Crippen molar-refractivity contribution in [2.45, 2.75) is 44.8 Å². The Hall–Kier alpha value is -1.39. The van der Waals surface area contributed by atoms with Gasteiger partial charge in [-0.05, 0) is 45.4 Å². The molecule has 1 fully saturated rings. The molecule has 1 atom stereocenters. The van der Waals surface area contributed by atoms with Crippen LogP contribution in [0.3, 0.4) is 0 Å². The van der Waals surface area contributed by atoms with Gasteiger partial charge in [0.1, 0.15) is 5.84 Å². The Kier molecular flexibility index (Phi) is 3.30. The highest BCUT2D eigenvalue weighted by atomic mass is 15.2. The molecule has 0 amide bonds. The van der Waals surface area contributed by atoms with E-state index in [9.17, 15) is 0 Å². The number of fused-ring (bicyclic) bond motifs is 1. The highest BCUT2D eigenvalue weighted by molar-refractivity contribution is 6.04. The summed E-state index contributed by atoms with van der Waals surface area (Å²) < 4.78 is 0. The molecule has 0 aliphatic carbocycles. The summed E-state index contributed by atoms with van der Waals surface area (Å²) >= 11 is 0. The molecule has 4 heteroatoms. The molecule has 3 rings (SSSR count). The number of hydrogen-bond donors (Lipinski definition) is 3. The first-order valence-corrected chi connectivity index (χ1v) is 7.40. The van der Waals surface area contributed by atoms with Crippen LogP contribution in [0, 0.1) is 0 Å². The minimum atomic E-state index is -0.0844. The van der Waals surface area contributed by atoms with Crippen molar-refractivity contribution in [2.75, 3.05) is 18.4 Å². The summed E-state index contributed by atoms with van der Waals surface area (Å²) in [4.78, 5) is 4.97. The Balaban J connectivity index is 2.03. The Morgan fingerprint density at radius 3 is 2.70 bits per heavy atom. The van der Waals surface area contributed by atoms with E-state index in [0.717, 1.165) is 31.9 Å². The monoisotopic (exact) mass is 272 g/mol. The maximum Gasteiger partial charge on any atom is 0.123 e. The second kappa shape index (κ2) is 4.86. The molecule has 1 spiro atoms. The van der Waals surface area contributed by atoms with Crippen LogP contribution in [0.15, 0.2) is 29.3 Å². The van der Waals surface area contributed by atoms with Crippen LogP contribution in [0.1, 0.15) is 32.8 Å². The predicted molar refractivity (Wildman–Crippen MR) is 84.3 cm³/mol. The predicted octanol–water partition coefficient (Wildman–Crippen LogP) is 2.13. The van der Waals surface area contributed by atoms with E-state index in [2.05, 4.69) is 61.0 Å². The molecule has 108 valence electrons. The fraction of sp³-hybridized carbons (Fsp3) is 0.562. The maximum atomic E-state index is 4.97. The van der Waals surface area contributed by atoms with E-state index in [1.807, 2.05) is 0 Å². The van der Waals surface area contributed by atoms with Gasteiger partial charge in [-0.25, -0.2) is 0 Å². The Labute approximate surface area is 121 Å². The SMILES string of the molecule is CC(C)(C)N=C1Nc2ccccc2CNC12CCNC2. The molecule has 1 aromatic rings. The van der Waals surface area contributed by atoms with Crippen LogP contribution in [-0.4, -0.2) is 30.0 Å². The minimum Gasteiger partial charge on any atom is -0.342 e. The first-order chi connectivity index (χ1) is 9.49. The maximum absolute atomic E-state index is 4.97. The van der Waals surface area contributed by atoms with E-state index in [-0.39, 0.29) is 11.1 Å². The van der Waals surface area contributed by atoms with E-state index >= 15 is 0 Å². The van der Waals surface area contributed by atoms with Crippen molar-refractivity contribution in [3.05, 3.63) is 29.8 Å². The van der Waals surface area contributed by atoms with Crippen LogP contribution in [0.4, 0.5) is 5.69 Å². The fourth-order valence-electron chi connectivity index (χ4n) is 2.91. The van der Waals surface area contributed by atoms with Gasteiger partial charge in [0, 0.05) is 18.8 Å². The quantitative estimate of drug-likeness (QED) is 0.678. The van der Waals surface area contributed by atoms with Crippen LogP contribution >= 0.6 is 0 Å². The fourth-order valence-corrected chi connectivity index (χ4v) is 2.91. The zero-order chi connectivity index (χ0) is 14.2. The molecular formula is C16H24N4. The molecule has 0 aromatic heterocycles. The molecule has 0 bridgehead atoms. The number of nitrogens with zero attached hydrogens (tertiary/aromatic N) is 1. The molecule has 20 heavy (non-hydrogen) atoms. The Bertz CT molecular complexity index is 522. The lowest BCUT2D eigenvalue weighted by Gasteiger charge is -2.31. The van der Waals surface area contributed by atoms with Crippen LogP contribution in [-0.2, 0) is 6.54 Å². The lowest BCUT2D eigenvalue weighted by Crippen LogP contribution is -2.55. The van der Waals surface area contributed by atoms with Crippen molar-refractivity contribution < 1.29 is 0 Å². The largest absolute Gasteiger partial charge is 0.342 e. The smallest absolute Gasteiger partial charge is 0.123 e. The third-order valence-corrected chi connectivity index (χ3v) is 3.94. The molecule has 1 unspecified atom stereocenters. The summed E-state index contributed by atoms with van der Waals surface area (Å²) in [5.41, 5.74) is 2.33. The van der Waals surface area contributed by atoms with Gasteiger partial charge in [-0.1, -0.05) is 18.2 Å². The Morgan fingerprint density at radius 2 is 2.00 bits per heavy atom. The summed E-state index contributed by atoms with van der Waals surface area (Å²) in [7, 11) is 0. The average Bonchev–Trinajstić information content (AvgIpc) is 2.79. The Morgan fingerprint density at radius 1 is 1.20 bits per heavy atom. The second-order valence-corrected chi connectivity index (χ2v) is 6.78. The molecule has 0 saturated carbocycles. The van der Waals surface area contributed by atoms with Crippen LogP contribution in [0.2, 0.25) is 0 Å². The topological polar surface area (TPSA) is 48.5 Å². The van der Waals surface area contributed by atoms with Gasteiger partial charge in [0.05, 0.1) is 11.1 Å². The summed E-state index contributed by atoms with van der Waals surface area (Å²) in [6.07, 6.45) is 1.07. The number of rotatable bonds is 0. The van der Waals surface area contributed by atoms with E-state index in [1.165, 1.54) is 11.3 Å². The average molecular weight is 272 g/mol. The number of para-hydroxylation sites is 1. The van der Waals surface area contributed by atoms with Gasteiger partial charge in [0.2, 0.25) is 0 Å². The van der Waals surface area contributed by atoms with Crippen molar-refractivity contribution in [1.82, 2.24) is 10.6 Å². The highest BCUT2D eigenvalue weighted by Crippen LogP contribution is 2.27. The van der Waals surface area contributed by atoms with Crippen molar-refractivity contribution in [3.63, 3.8) is 0 Å². The van der Waals surface area contributed by atoms with E-state index in [4.69, 9.17) is 4.99 Å². The van der Waals surface area contributed by atoms with E-state index in [1.54, 1.807) is 0 Å². The van der Waals surface area contributed by atoms with Crippen molar-refractivity contribution in [2.24, 2.45) is 4.99 Å². The zero-order valence-electron chi connectivity index (χ0n) is 12.6. The third kappa shape index (κ3) is 2.58. The van der Waals surface area contributed by atoms with Crippen molar-refractivity contribution in [3.8, 4) is 0 Å². The van der Waals surface area contributed by atoms with Gasteiger partial charge in [0.25, 0.3) is 0 Å². The van der Waals surface area contributed by atoms with Gasteiger partial charge in [-0.15, -0.1) is 0 Å². The standard InChI is InChI=1S/C16H24N4/c1-15(2,3)20-14-16(8-9-17-11-16)18-10-12-6-4-5-7-13(12)19-14/h4-7,17-18H,8-11H2,1-3H3,(H,19,20). The number of aliphatic imine (C=N–C) groups is 1. The number of anilines is 1. The molecule has 4 nitrogen and oxygen atoms in total. The van der Waals surface area contributed by atoms with Gasteiger partial charge in [-0.3, -0.25) is 10.3 Å². The number of amidine groups is 1. The first kappa shape index (κ1) is 13.6. The number of nitrogens with one attached hydrogen (secondary N) is 3. The second-order valence-electron chi connectivity index (χ2n) is 6.78. The molecule has 3 N–H and O–H groups in total. The third-order valence-electron chi connectivity index (χ3n) is 3.94. The van der Waals surface area contributed by atoms with Gasteiger partial charge >= 0.3 is 0 Å². The summed E-state index contributed by atoms with van der Waals surface area (Å²) in [6, 6.07) is 8.47. The summed E-state index contributed by atoms with van der Waals surface area (Å²) in [6.45, 7) is 9.29. The molecular weight excluding hydrogens is 248 g/mol. The lowest BCUT2D eigenvalue weighted by molar-refractivity contribution is 0.457. The normalized spacial score (nSPS) is 28.2. The molecule has 1 aromatic carbocycles. The molecule has 2 aliphatic heterocycles. The highest BCUT2D eigenvalue weighted by Gasteiger charge is 2.41. The molecule has 0 radical (unpaired) electrons. The van der Waals surface area contributed by atoms with Crippen molar-refractivity contribution in [1.29, 1.82) is 0 Å². The van der Waals surface area contributed by atoms with E-state index in [0.29, 0.717) is 0 Å². The summed E-state index contributed by atoms with van der Waals surface area (Å²) in [5, 5.41) is 10.8. The molecule has 2 aliphatic rings. The van der Waals surface area contributed by atoms with Crippen LogP contribution < -0.4 is 16.0 Å². The van der Waals surface area contributed by atoms with Gasteiger partial charge in [0.15, 0.2) is 0 Å². The minimum absolute atomic E-state index is 0.0632.